The second kappa shape index (κ2) is 7.20. The SMILES string of the molecule is CCOCCNCCn1ccc(=O)cc1. The summed E-state index contributed by atoms with van der Waals surface area (Å²) in [6, 6.07) is 3.14. The summed E-state index contributed by atoms with van der Waals surface area (Å²) in [5.74, 6) is 0. The molecule has 0 amide bonds. The van der Waals surface area contributed by atoms with Crippen molar-refractivity contribution in [3.05, 3.63) is 34.7 Å². The predicted octanol–water partition coefficient (Wildman–Crippen LogP) is 0.474. The lowest BCUT2D eigenvalue weighted by molar-refractivity contribution is 0.149. The number of nitrogens with one attached hydrogen (secondary N) is 1. The minimum atomic E-state index is 0.0514. The fourth-order valence-electron chi connectivity index (χ4n) is 1.21. The molecule has 4 nitrogen and oxygen atoms in total. The van der Waals surface area contributed by atoms with Gasteiger partial charge in [-0.15, -0.1) is 0 Å². The van der Waals surface area contributed by atoms with E-state index in [4.69, 9.17) is 4.74 Å². The largest absolute Gasteiger partial charge is 0.380 e. The number of aromatic nitrogens is 1. The van der Waals surface area contributed by atoms with Gasteiger partial charge in [0.25, 0.3) is 0 Å². The molecule has 4 heteroatoms. The van der Waals surface area contributed by atoms with Crippen LogP contribution in [0.15, 0.2) is 29.3 Å². The molecule has 0 saturated heterocycles. The Morgan fingerprint density at radius 2 is 2.07 bits per heavy atom. The molecule has 0 fully saturated rings. The molecular weight excluding hydrogens is 192 g/mol. The van der Waals surface area contributed by atoms with Gasteiger partial charge >= 0.3 is 0 Å². The lowest BCUT2D eigenvalue weighted by Gasteiger charge is -2.07. The molecule has 0 aliphatic heterocycles. The molecule has 1 N–H and O–H groups in total. The molecule has 1 aromatic heterocycles. The molecule has 1 rings (SSSR count). The van der Waals surface area contributed by atoms with Crippen molar-refractivity contribution in [2.45, 2.75) is 13.5 Å². The molecule has 0 aliphatic rings. The molecule has 0 unspecified atom stereocenters. The maximum atomic E-state index is 10.8. The highest BCUT2D eigenvalue weighted by Gasteiger charge is 1.89. The van der Waals surface area contributed by atoms with Gasteiger partial charge < -0.3 is 14.6 Å². The molecule has 1 heterocycles. The third-order valence-electron chi connectivity index (χ3n) is 2.03. The smallest absolute Gasteiger partial charge is 0.181 e. The normalized spacial score (nSPS) is 10.5. The minimum Gasteiger partial charge on any atom is -0.380 e. The molecular formula is C11H18N2O2. The van der Waals surface area contributed by atoms with Gasteiger partial charge in [-0.2, -0.15) is 0 Å². The van der Waals surface area contributed by atoms with Crippen molar-refractivity contribution in [2.24, 2.45) is 0 Å². The lowest BCUT2D eigenvalue weighted by atomic mass is 10.4. The molecule has 1 aromatic rings. The fourth-order valence-corrected chi connectivity index (χ4v) is 1.21. The van der Waals surface area contributed by atoms with Crippen LogP contribution in [0.4, 0.5) is 0 Å². The van der Waals surface area contributed by atoms with Crippen molar-refractivity contribution in [1.29, 1.82) is 0 Å². The highest BCUT2D eigenvalue weighted by Crippen LogP contribution is 1.82. The van der Waals surface area contributed by atoms with E-state index in [9.17, 15) is 4.79 Å². The number of hydrogen-bond donors (Lipinski definition) is 1. The number of rotatable bonds is 7. The van der Waals surface area contributed by atoms with E-state index in [0.717, 1.165) is 32.8 Å². The number of ether oxygens (including phenoxy) is 1. The molecule has 0 saturated carbocycles. The molecule has 0 bridgehead atoms. The van der Waals surface area contributed by atoms with E-state index in [1.807, 2.05) is 11.5 Å². The summed E-state index contributed by atoms with van der Waals surface area (Å²) in [4.78, 5) is 10.8. The van der Waals surface area contributed by atoms with Gasteiger partial charge in [0.1, 0.15) is 0 Å². The summed E-state index contributed by atoms with van der Waals surface area (Å²) in [6.45, 7) is 6.12. The van der Waals surface area contributed by atoms with Crippen LogP contribution in [0.3, 0.4) is 0 Å². The van der Waals surface area contributed by atoms with Crippen LogP contribution in [0.25, 0.3) is 0 Å². The number of pyridine rings is 1. The zero-order valence-electron chi connectivity index (χ0n) is 9.11. The summed E-state index contributed by atoms with van der Waals surface area (Å²) in [6.07, 6.45) is 3.60. The minimum absolute atomic E-state index is 0.0514. The Balaban J connectivity index is 2.10. The highest BCUT2D eigenvalue weighted by molar-refractivity contribution is 4.93. The maximum Gasteiger partial charge on any atom is 0.181 e. The summed E-state index contributed by atoms with van der Waals surface area (Å²) in [5, 5.41) is 3.26. The summed E-state index contributed by atoms with van der Waals surface area (Å²) >= 11 is 0. The average Bonchev–Trinajstić information content (AvgIpc) is 2.26. The van der Waals surface area contributed by atoms with Crippen LogP contribution >= 0.6 is 0 Å². The van der Waals surface area contributed by atoms with E-state index < -0.39 is 0 Å². The quantitative estimate of drug-likeness (QED) is 0.665. The van der Waals surface area contributed by atoms with Gasteiger partial charge in [0, 0.05) is 50.8 Å². The van der Waals surface area contributed by atoms with E-state index in [1.54, 1.807) is 24.5 Å². The second-order valence-corrected chi connectivity index (χ2v) is 3.22. The van der Waals surface area contributed by atoms with Crippen molar-refractivity contribution in [2.75, 3.05) is 26.3 Å². The van der Waals surface area contributed by atoms with E-state index >= 15 is 0 Å². The van der Waals surface area contributed by atoms with Crippen LogP contribution in [0.5, 0.6) is 0 Å². The van der Waals surface area contributed by atoms with Gasteiger partial charge in [-0.3, -0.25) is 4.79 Å². The zero-order valence-corrected chi connectivity index (χ0v) is 9.11. The van der Waals surface area contributed by atoms with Crippen molar-refractivity contribution in [3.8, 4) is 0 Å². The first-order chi connectivity index (χ1) is 7.33. The first-order valence-corrected chi connectivity index (χ1v) is 5.27. The first kappa shape index (κ1) is 11.9. The molecule has 0 atom stereocenters. The summed E-state index contributed by atoms with van der Waals surface area (Å²) in [7, 11) is 0. The predicted molar refractivity (Wildman–Crippen MR) is 60.1 cm³/mol. The molecule has 84 valence electrons. The monoisotopic (exact) mass is 210 g/mol. The third kappa shape index (κ3) is 5.34. The topological polar surface area (TPSA) is 43.3 Å². The van der Waals surface area contributed by atoms with E-state index in [2.05, 4.69) is 5.32 Å². The standard InChI is InChI=1S/C11H18N2O2/c1-2-15-10-6-12-5-9-13-7-3-11(14)4-8-13/h3-4,7-8,12H,2,5-6,9-10H2,1H3. The van der Waals surface area contributed by atoms with Gasteiger partial charge in [0.15, 0.2) is 5.43 Å². The van der Waals surface area contributed by atoms with Crippen LogP contribution in [-0.2, 0) is 11.3 Å². The van der Waals surface area contributed by atoms with Gasteiger partial charge in [-0.25, -0.2) is 0 Å². The number of nitrogens with zero attached hydrogens (tertiary/aromatic N) is 1. The molecule has 15 heavy (non-hydrogen) atoms. The van der Waals surface area contributed by atoms with E-state index in [1.165, 1.54) is 0 Å². The van der Waals surface area contributed by atoms with Crippen LogP contribution in [0, 0.1) is 0 Å². The Kier molecular flexibility index (Phi) is 5.73. The zero-order chi connectivity index (χ0) is 10.9. The third-order valence-corrected chi connectivity index (χ3v) is 2.03. The first-order valence-electron chi connectivity index (χ1n) is 5.27. The van der Waals surface area contributed by atoms with E-state index in [-0.39, 0.29) is 5.43 Å². The van der Waals surface area contributed by atoms with Crippen LogP contribution in [0.1, 0.15) is 6.92 Å². The van der Waals surface area contributed by atoms with Crippen LogP contribution < -0.4 is 10.7 Å². The summed E-state index contributed by atoms with van der Waals surface area (Å²) in [5.41, 5.74) is 0.0514. The van der Waals surface area contributed by atoms with E-state index in [0.29, 0.717) is 0 Å². The Morgan fingerprint density at radius 1 is 1.33 bits per heavy atom. The van der Waals surface area contributed by atoms with Crippen molar-refractivity contribution in [1.82, 2.24) is 9.88 Å². The second-order valence-electron chi connectivity index (χ2n) is 3.22. The van der Waals surface area contributed by atoms with Crippen molar-refractivity contribution in [3.63, 3.8) is 0 Å². The van der Waals surface area contributed by atoms with Gasteiger partial charge in [0.05, 0.1) is 6.61 Å². The Labute approximate surface area is 89.9 Å². The summed E-state index contributed by atoms with van der Waals surface area (Å²) < 4.78 is 7.17. The number of hydrogen-bond acceptors (Lipinski definition) is 3. The molecule has 0 radical (unpaired) electrons. The fraction of sp³-hybridized carbons (Fsp3) is 0.545. The van der Waals surface area contributed by atoms with Crippen LogP contribution in [0.2, 0.25) is 0 Å². The molecule has 0 aliphatic carbocycles. The maximum absolute atomic E-state index is 10.8. The average molecular weight is 210 g/mol. The molecule has 0 spiro atoms. The highest BCUT2D eigenvalue weighted by atomic mass is 16.5. The Bertz CT molecular complexity index is 302. The van der Waals surface area contributed by atoms with Crippen LogP contribution in [-0.4, -0.2) is 30.9 Å². The van der Waals surface area contributed by atoms with Crippen molar-refractivity contribution < 1.29 is 4.74 Å². The Hall–Kier alpha value is -1.13. The van der Waals surface area contributed by atoms with Crippen molar-refractivity contribution >= 4 is 0 Å². The van der Waals surface area contributed by atoms with Gasteiger partial charge in [-0.1, -0.05) is 0 Å². The molecule has 0 aromatic carbocycles. The van der Waals surface area contributed by atoms with Gasteiger partial charge in [-0.05, 0) is 6.92 Å². The van der Waals surface area contributed by atoms with Gasteiger partial charge in [0.2, 0.25) is 0 Å². The lowest BCUT2D eigenvalue weighted by Crippen LogP contribution is -2.24. The Morgan fingerprint density at radius 3 is 2.73 bits per heavy atom.